The number of phosphoric ester groups is 1. The lowest BCUT2D eigenvalue weighted by atomic mass is 10.7. The number of nitrogens with zero attached hydrogens (tertiary/aromatic N) is 1. The van der Waals surface area contributed by atoms with E-state index < -0.39 is 7.82 Å². The van der Waals surface area contributed by atoms with Crippen molar-refractivity contribution in [2.45, 2.75) is 0 Å². The highest BCUT2D eigenvalue weighted by atomic mass is 31.2. The van der Waals surface area contributed by atoms with Gasteiger partial charge in [-0.1, -0.05) is 0 Å². The van der Waals surface area contributed by atoms with Crippen molar-refractivity contribution in [2.24, 2.45) is 0 Å². The summed E-state index contributed by atoms with van der Waals surface area (Å²) >= 11 is 0. The van der Waals surface area contributed by atoms with Crippen molar-refractivity contribution in [2.75, 3.05) is 20.3 Å². The Hall–Kier alpha value is -0.400. The molecule has 0 aromatic carbocycles. The number of hydrogen-bond acceptors (Lipinski definition) is 4. The quantitative estimate of drug-likeness (QED) is 0.334. The lowest BCUT2D eigenvalue weighted by Gasteiger charge is -2.18. The molecule has 10 heavy (non-hydrogen) atoms. The zero-order valence-corrected chi connectivity index (χ0v) is 6.34. The van der Waals surface area contributed by atoms with E-state index in [1.54, 1.807) is 0 Å². The molecule has 0 spiro atoms. The van der Waals surface area contributed by atoms with Gasteiger partial charge >= 0.3 is 0 Å². The van der Waals surface area contributed by atoms with Crippen LogP contribution in [0.15, 0.2) is 0 Å². The second kappa shape index (κ2) is 4.42. The highest BCUT2D eigenvalue weighted by Crippen LogP contribution is 2.36. The van der Waals surface area contributed by atoms with Crippen molar-refractivity contribution in [3.8, 4) is 0 Å². The van der Waals surface area contributed by atoms with Gasteiger partial charge in [-0.15, -0.1) is 0 Å². The molecular weight excluding hydrogens is 157 g/mol. The predicted molar refractivity (Wildman–Crippen MR) is 32.0 cm³/mol. The smallest absolute Gasteiger partial charge is 0.267 e. The molecule has 0 heterocycles. The number of hydrogen-bond donors (Lipinski definition) is 0. The second-order valence-electron chi connectivity index (χ2n) is 1.34. The summed E-state index contributed by atoms with van der Waals surface area (Å²) in [5.41, 5.74) is 0. The summed E-state index contributed by atoms with van der Waals surface area (Å²) in [6.45, 7) is 6.16. The fourth-order valence-corrected chi connectivity index (χ4v) is 0.662. The molecule has 0 aromatic heterocycles. The van der Waals surface area contributed by atoms with Gasteiger partial charge in [0.25, 0.3) is 7.82 Å². The first-order valence-corrected chi connectivity index (χ1v) is 3.93. The van der Waals surface area contributed by atoms with Crippen LogP contribution in [0.3, 0.4) is 0 Å². The molecule has 5 nitrogen and oxygen atoms in total. The Morgan fingerprint density at radius 2 is 2.40 bits per heavy atom. The van der Waals surface area contributed by atoms with E-state index >= 15 is 0 Å². The topological polar surface area (TPSA) is 63.0 Å². The average Bonchev–Trinajstić information content (AvgIpc) is 1.89. The standard InChI is InChI=1S/C4H8NO4P/c1-5-3-4-9-10(6,7)8-2/h3-4H2,2H3,(H,6,7)/p-1. The molecule has 0 aliphatic rings. The van der Waals surface area contributed by atoms with E-state index in [1.807, 2.05) is 0 Å². The Bertz CT molecular complexity index is 175. The van der Waals surface area contributed by atoms with Crippen LogP contribution in [0.2, 0.25) is 0 Å². The van der Waals surface area contributed by atoms with Crippen molar-refractivity contribution in [1.82, 2.24) is 0 Å². The van der Waals surface area contributed by atoms with Crippen molar-refractivity contribution < 1.29 is 18.5 Å². The zero-order chi connectivity index (χ0) is 8.04. The monoisotopic (exact) mass is 164 g/mol. The second-order valence-corrected chi connectivity index (χ2v) is 2.86. The normalized spacial score (nSPS) is 15.7. The Labute approximate surface area is 59.0 Å². The van der Waals surface area contributed by atoms with Gasteiger partial charge < -0.3 is 18.8 Å². The molecule has 1 atom stereocenters. The summed E-state index contributed by atoms with van der Waals surface area (Å²) in [5, 5.41) is 0. The lowest BCUT2D eigenvalue weighted by Crippen LogP contribution is -2.07. The zero-order valence-electron chi connectivity index (χ0n) is 5.44. The van der Waals surface area contributed by atoms with E-state index in [0.29, 0.717) is 0 Å². The molecule has 0 bridgehead atoms. The first-order valence-electron chi connectivity index (χ1n) is 2.47. The summed E-state index contributed by atoms with van der Waals surface area (Å²) in [7, 11) is -3.09. The summed E-state index contributed by atoms with van der Waals surface area (Å²) in [6, 6.07) is 0. The van der Waals surface area contributed by atoms with E-state index in [2.05, 4.69) is 13.9 Å². The summed E-state index contributed by atoms with van der Waals surface area (Å²) in [5.74, 6) is 0. The largest absolute Gasteiger partial charge is 0.756 e. The van der Waals surface area contributed by atoms with Gasteiger partial charge in [0.15, 0.2) is 0 Å². The molecule has 0 radical (unpaired) electrons. The minimum Gasteiger partial charge on any atom is -0.756 e. The number of phosphoric acid groups is 1. The van der Waals surface area contributed by atoms with Crippen LogP contribution in [-0.4, -0.2) is 20.3 Å². The van der Waals surface area contributed by atoms with Gasteiger partial charge in [-0.05, 0) is 0 Å². The molecule has 0 aromatic rings. The Morgan fingerprint density at radius 1 is 1.80 bits per heavy atom. The summed E-state index contributed by atoms with van der Waals surface area (Å²) in [4.78, 5) is 13.2. The van der Waals surface area contributed by atoms with Gasteiger partial charge in [0, 0.05) is 7.11 Å². The predicted octanol–water partition coefficient (Wildman–Crippen LogP) is 0.0371. The molecular formula is C4H7NO4P-. The number of rotatable bonds is 4. The average molecular weight is 164 g/mol. The fourth-order valence-electron chi connectivity index (χ4n) is 0.251. The van der Waals surface area contributed by atoms with Gasteiger partial charge in [0.1, 0.15) is 6.61 Å². The molecule has 0 saturated carbocycles. The molecule has 0 saturated heterocycles. The molecule has 0 rings (SSSR count). The SMILES string of the molecule is [C-]#[N+]CCOP(=O)([O-])OC. The molecule has 0 amide bonds. The van der Waals surface area contributed by atoms with Gasteiger partial charge in [-0.25, -0.2) is 6.57 Å². The van der Waals surface area contributed by atoms with Crippen LogP contribution in [0.25, 0.3) is 4.85 Å². The van der Waals surface area contributed by atoms with Crippen LogP contribution in [0.4, 0.5) is 0 Å². The van der Waals surface area contributed by atoms with Gasteiger partial charge in [0.2, 0.25) is 6.54 Å². The third-order valence-corrected chi connectivity index (χ3v) is 1.62. The molecule has 6 heteroatoms. The molecule has 0 aliphatic heterocycles. The minimum atomic E-state index is -4.10. The van der Waals surface area contributed by atoms with Crippen LogP contribution >= 0.6 is 7.82 Å². The van der Waals surface area contributed by atoms with Crippen molar-refractivity contribution >= 4 is 7.82 Å². The van der Waals surface area contributed by atoms with E-state index in [4.69, 9.17) is 6.57 Å². The third-order valence-electron chi connectivity index (χ3n) is 0.676. The highest BCUT2D eigenvalue weighted by Gasteiger charge is 2.05. The first-order chi connectivity index (χ1) is 4.62. The van der Waals surface area contributed by atoms with E-state index in [1.165, 1.54) is 0 Å². The summed E-state index contributed by atoms with van der Waals surface area (Å²) in [6.07, 6.45) is 0. The van der Waals surface area contributed by atoms with E-state index in [-0.39, 0.29) is 13.2 Å². The first kappa shape index (κ1) is 9.60. The van der Waals surface area contributed by atoms with Gasteiger partial charge in [-0.3, -0.25) is 4.57 Å². The molecule has 0 aliphatic carbocycles. The Morgan fingerprint density at radius 3 is 2.80 bits per heavy atom. The Balaban J connectivity index is 3.50. The maximum Gasteiger partial charge on any atom is 0.267 e. The van der Waals surface area contributed by atoms with E-state index in [9.17, 15) is 9.46 Å². The van der Waals surface area contributed by atoms with Crippen LogP contribution in [0.1, 0.15) is 0 Å². The van der Waals surface area contributed by atoms with Crippen LogP contribution < -0.4 is 4.89 Å². The fraction of sp³-hybridized carbons (Fsp3) is 0.750. The maximum atomic E-state index is 10.4. The highest BCUT2D eigenvalue weighted by molar-refractivity contribution is 7.45. The van der Waals surface area contributed by atoms with Gasteiger partial charge in [0.05, 0.1) is 0 Å². The molecule has 1 unspecified atom stereocenters. The molecule has 0 fully saturated rings. The lowest BCUT2D eigenvalue weighted by molar-refractivity contribution is -0.222. The third kappa shape index (κ3) is 4.48. The summed E-state index contributed by atoms with van der Waals surface area (Å²) < 4.78 is 18.5. The van der Waals surface area contributed by atoms with Crippen LogP contribution in [0, 0.1) is 6.57 Å². The molecule has 58 valence electrons. The van der Waals surface area contributed by atoms with Gasteiger partial charge in [-0.2, -0.15) is 0 Å². The van der Waals surface area contributed by atoms with E-state index in [0.717, 1.165) is 7.11 Å². The van der Waals surface area contributed by atoms with Crippen molar-refractivity contribution in [3.05, 3.63) is 11.4 Å². The van der Waals surface area contributed by atoms with Crippen LogP contribution in [0.5, 0.6) is 0 Å². The van der Waals surface area contributed by atoms with Crippen molar-refractivity contribution in [1.29, 1.82) is 0 Å². The van der Waals surface area contributed by atoms with Crippen LogP contribution in [-0.2, 0) is 13.6 Å². The molecule has 0 N–H and O–H groups in total. The Kier molecular flexibility index (Phi) is 4.24. The minimum absolute atomic E-state index is 0.0234. The maximum absolute atomic E-state index is 10.4. The van der Waals surface area contributed by atoms with Crippen molar-refractivity contribution in [3.63, 3.8) is 0 Å².